The van der Waals surface area contributed by atoms with Crippen molar-refractivity contribution in [2.45, 2.75) is 31.8 Å². The van der Waals surface area contributed by atoms with Gasteiger partial charge in [-0.2, -0.15) is 0 Å². The van der Waals surface area contributed by atoms with Gasteiger partial charge in [0.05, 0.1) is 13.2 Å². The summed E-state index contributed by atoms with van der Waals surface area (Å²) in [5.41, 5.74) is 8.19. The van der Waals surface area contributed by atoms with Gasteiger partial charge in [-0.3, -0.25) is 4.79 Å². The fourth-order valence-electron chi connectivity index (χ4n) is 2.48. The van der Waals surface area contributed by atoms with Gasteiger partial charge in [-0.25, -0.2) is 0 Å². The lowest BCUT2D eigenvalue weighted by molar-refractivity contribution is -0.118. The fraction of sp³-hybridized carbons (Fsp3) is 0.316. The van der Waals surface area contributed by atoms with Crippen LogP contribution < -0.4 is 10.5 Å². The van der Waals surface area contributed by atoms with Gasteiger partial charge in [-0.15, -0.1) is 0 Å². The van der Waals surface area contributed by atoms with Crippen molar-refractivity contribution in [2.24, 2.45) is 5.73 Å². The molecule has 122 valence electrons. The van der Waals surface area contributed by atoms with E-state index in [9.17, 15) is 9.90 Å². The Hall–Kier alpha value is -2.33. The SMILES string of the molecule is COc1ccc(-c2ccc(C(O)CCCCC(N)=O)cc2)cc1. The predicted molar refractivity (Wildman–Crippen MR) is 91.1 cm³/mol. The molecule has 0 bridgehead atoms. The first kappa shape index (κ1) is 17.0. The first-order valence-electron chi connectivity index (χ1n) is 7.81. The summed E-state index contributed by atoms with van der Waals surface area (Å²) in [4.78, 5) is 10.7. The molecule has 2 aromatic rings. The number of nitrogens with two attached hydrogens (primary N) is 1. The fourth-order valence-corrected chi connectivity index (χ4v) is 2.48. The number of unbranched alkanes of at least 4 members (excludes halogenated alkanes) is 1. The first-order chi connectivity index (χ1) is 11.1. The van der Waals surface area contributed by atoms with Crippen LogP contribution in [0, 0.1) is 0 Å². The third kappa shape index (κ3) is 5.11. The average Bonchev–Trinajstić information content (AvgIpc) is 2.58. The molecule has 2 rings (SSSR count). The van der Waals surface area contributed by atoms with Crippen LogP contribution in [0.2, 0.25) is 0 Å². The monoisotopic (exact) mass is 313 g/mol. The van der Waals surface area contributed by atoms with E-state index in [4.69, 9.17) is 10.5 Å². The molecule has 3 N–H and O–H groups in total. The second-order valence-electron chi connectivity index (χ2n) is 5.58. The molecule has 0 spiro atoms. The summed E-state index contributed by atoms with van der Waals surface area (Å²) in [7, 11) is 1.65. The minimum absolute atomic E-state index is 0.289. The van der Waals surface area contributed by atoms with Gasteiger partial charge in [-0.1, -0.05) is 42.8 Å². The molecule has 1 unspecified atom stereocenters. The zero-order valence-corrected chi connectivity index (χ0v) is 13.4. The number of primary amides is 1. The zero-order chi connectivity index (χ0) is 16.7. The number of carbonyl (C=O) groups is 1. The van der Waals surface area contributed by atoms with E-state index in [-0.39, 0.29) is 5.91 Å². The Labute approximate surface area is 136 Å². The van der Waals surface area contributed by atoms with Crippen molar-refractivity contribution >= 4 is 5.91 Å². The van der Waals surface area contributed by atoms with Crippen LogP contribution in [0.4, 0.5) is 0 Å². The maximum atomic E-state index is 10.7. The highest BCUT2D eigenvalue weighted by Gasteiger charge is 2.08. The lowest BCUT2D eigenvalue weighted by Crippen LogP contribution is -2.09. The number of ether oxygens (including phenoxy) is 1. The highest BCUT2D eigenvalue weighted by atomic mass is 16.5. The van der Waals surface area contributed by atoms with Crippen molar-refractivity contribution in [2.75, 3.05) is 7.11 Å². The Morgan fingerprint density at radius 3 is 2.13 bits per heavy atom. The molecule has 1 atom stereocenters. The first-order valence-corrected chi connectivity index (χ1v) is 7.81. The van der Waals surface area contributed by atoms with Crippen molar-refractivity contribution in [1.29, 1.82) is 0 Å². The van der Waals surface area contributed by atoms with Crippen LogP contribution in [0.15, 0.2) is 48.5 Å². The van der Waals surface area contributed by atoms with E-state index in [2.05, 4.69) is 0 Å². The molecule has 4 heteroatoms. The van der Waals surface area contributed by atoms with E-state index in [1.807, 2.05) is 48.5 Å². The molecular weight excluding hydrogens is 290 g/mol. The molecule has 4 nitrogen and oxygen atoms in total. The number of benzene rings is 2. The molecule has 1 amide bonds. The van der Waals surface area contributed by atoms with Gasteiger partial charge < -0.3 is 15.6 Å². The van der Waals surface area contributed by atoms with E-state index >= 15 is 0 Å². The van der Waals surface area contributed by atoms with Crippen LogP contribution in [0.5, 0.6) is 5.75 Å². The van der Waals surface area contributed by atoms with Crippen molar-refractivity contribution in [1.82, 2.24) is 0 Å². The second-order valence-corrected chi connectivity index (χ2v) is 5.58. The van der Waals surface area contributed by atoms with Crippen molar-refractivity contribution in [3.8, 4) is 16.9 Å². The quantitative estimate of drug-likeness (QED) is 0.733. The molecule has 0 aliphatic carbocycles. The van der Waals surface area contributed by atoms with Gasteiger partial charge in [0.1, 0.15) is 5.75 Å². The zero-order valence-electron chi connectivity index (χ0n) is 13.4. The summed E-state index contributed by atoms with van der Waals surface area (Å²) in [5, 5.41) is 10.2. The summed E-state index contributed by atoms with van der Waals surface area (Å²) >= 11 is 0. The molecule has 0 aromatic heterocycles. The summed E-state index contributed by atoms with van der Waals surface area (Å²) in [6, 6.07) is 15.8. The van der Waals surface area contributed by atoms with Gasteiger partial charge in [0.15, 0.2) is 0 Å². The molecular formula is C19H23NO3. The number of hydrogen-bond acceptors (Lipinski definition) is 3. The normalized spacial score (nSPS) is 11.9. The van der Waals surface area contributed by atoms with Gasteiger partial charge in [0.2, 0.25) is 5.91 Å². The molecule has 0 aliphatic heterocycles. The molecule has 2 aromatic carbocycles. The van der Waals surface area contributed by atoms with Gasteiger partial charge in [0.25, 0.3) is 0 Å². The highest BCUT2D eigenvalue weighted by molar-refractivity contribution is 5.73. The van der Waals surface area contributed by atoms with Crippen molar-refractivity contribution < 1.29 is 14.6 Å². The molecule has 0 aliphatic rings. The molecule has 0 radical (unpaired) electrons. The standard InChI is InChI=1S/C19H23NO3/c1-23-17-12-10-15(11-13-17)14-6-8-16(9-7-14)18(21)4-2-3-5-19(20)22/h6-13,18,21H,2-5H2,1H3,(H2,20,22). The van der Waals surface area contributed by atoms with E-state index in [1.54, 1.807) is 7.11 Å². The minimum Gasteiger partial charge on any atom is -0.497 e. The smallest absolute Gasteiger partial charge is 0.217 e. The van der Waals surface area contributed by atoms with Crippen molar-refractivity contribution in [3.05, 3.63) is 54.1 Å². The topological polar surface area (TPSA) is 72.6 Å². The number of amides is 1. The summed E-state index contributed by atoms with van der Waals surface area (Å²) in [5.74, 6) is 0.542. The largest absolute Gasteiger partial charge is 0.497 e. The third-order valence-corrected chi connectivity index (χ3v) is 3.87. The third-order valence-electron chi connectivity index (χ3n) is 3.87. The Morgan fingerprint density at radius 1 is 1.04 bits per heavy atom. The summed E-state index contributed by atoms with van der Waals surface area (Å²) in [6.45, 7) is 0. The Balaban J connectivity index is 1.93. The Morgan fingerprint density at radius 2 is 1.61 bits per heavy atom. The lowest BCUT2D eigenvalue weighted by atomic mass is 9.99. The number of aliphatic hydroxyl groups is 1. The molecule has 0 fully saturated rings. The number of aliphatic hydroxyl groups excluding tert-OH is 1. The maximum absolute atomic E-state index is 10.7. The van der Waals surface area contributed by atoms with Crippen LogP contribution in [0.3, 0.4) is 0 Å². The Kier molecular flexibility index (Phi) is 6.18. The molecule has 0 saturated heterocycles. The number of methoxy groups -OCH3 is 1. The van der Waals surface area contributed by atoms with Crippen LogP contribution in [-0.4, -0.2) is 18.1 Å². The molecule has 0 saturated carbocycles. The van der Waals surface area contributed by atoms with Gasteiger partial charge in [-0.05, 0) is 41.7 Å². The molecule has 23 heavy (non-hydrogen) atoms. The predicted octanol–water partition coefficient (Wildman–Crippen LogP) is 3.44. The van der Waals surface area contributed by atoms with Gasteiger partial charge >= 0.3 is 0 Å². The average molecular weight is 313 g/mol. The number of carbonyl (C=O) groups excluding carboxylic acids is 1. The minimum atomic E-state index is -0.507. The van der Waals surface area contributed by atoms with E-state index in [1.165, 1.54) is 0 Å². The Bertz CT molecular complexity index is 620. The van der Waals surface area contributed by atoms with E-state index < -0.39 is 6.10 Å². The number of rotatable bonds is 8. The van der Waals surface area contributed by atoms with Crippen LogP contribution in [0.25, 0.3) is 11.1 Å². The van der Waals surface area contributed by atoms with Crippen LogP contribution in [0.1, 0.15) is 37.4 Å². The lowest BCUT2D eigenvalue weighted by Gasteiger charge is -2.11. The van der Waals surface area contributed by atoms with E-state index in [0.29, 0.717) is 12.8 Å². The maximum Gasteiger partial charge on any atom is 0.217 e. The summed E-state index contributed by atoms with van der Waals surface area (Å²) in [6.07, 6.45) is 2.01. The number of hydrogen-bond donors (Lipinski definition) is 2. The summed E-state index contributed by atoms with van der Waals surface area (Å²) < 4.78 is 5.16. The molecule has 0 heterocycles. The second kappa shape index (κ2) is 8.34. The highest BCUT2D eigenvalue weighted by Crippen LogP contribution is 2.25. The van der Waals surface area contributed by atoms with Gasteiger partial charge in [0, 0.05) is 6.42 Å². The van der Waals surface area contributed by atoms with Crippen LogP contribution >= 0.6 is 0 Å². The van der Waals surface area contributed by atoms with Crippen molar-refractivity contribution in [3.63, 3.8) is 0 Å². The van der Waals surface area contributed by atoms with E-state index in [0.717, 1.165) is 35.3 Å². The van der Waals surface area contributed by atoms with Crippen LogP contribution in [-0.2, 0) is 4.79 Å².